The topological polar surface area (TPSA) is 46.8 Å². The molecule has 1 aromatic rings. The minimum absolute atomic E-state index is 0.203. The maximum Gasteiger partial charge on any atom is 0.416 e. The summed E-state index contributed by atoms with van der Waals surface area (Å²) in [5.41, 5.74) is 0. The van der Waals surface area contributed by atoms with Gasteiger partial charge in [-0.15, -0.1) is 0 Å². The fraction of sp³-hybridized carbons (Fsp3) is 0.400. The number of carbonyl (C=O) groups is 1. The first-order valence-corrected chi connectivity index (χ1v) is 5.33. The van der Waals surface area contributed by atoms with Crippen LogP contribution in [0.25, 0.3) is 5.16 Å². The van der Waals surface area contributed by atoms with Crippen molar-refractivity contribution in [1.82, 2.24) is 9.47 Å². The van der Waals surface area contributed by atoms with E-state index in [-0.39, 0.29) is 6.67 Å². The third-order valence-corrected chi connectivity index (χ3v) is 2.74. The first kappa shape index (κ1) is 11.0. The highest BCUT2D eigenvalue weighted by molar-refractivity contribution is 6.45. The minimum atomic E-state index is -0.469. The van der Waals surface area contributed by atoms with Crippen molar-refractivity contribution in [2.24, 2.45) is 12.0 Å². The quantitative estimate of drug-likeness (QED) is 0.668. The Hall–Kier alpha value is -1.49. The fourth-order valence-electron chi connectivity index (χ4n) is 1.57. The van der Waals surface area contributed by atoms with Gasteiger partial charge < -0.3 is 9.30 Å². The molecule has 0 unspecified atom stereocenters. The molecule has 0 atom stereocenters. The van der Waals surface area contributed by atoms with Crippen LogP contribution < -0.4 is 10.7 Å². The second-order valence-corrected chi connectivity index (χ2v) is 3.74. The molecule has 86 valence electrons. The number of rotatable bonds is 1. The van der Waals surface area contributed by atoms with E-state index in [0.29, 0.717) is 11.8 Å². The fourth-order valence-corrected chi connectivity index (χ4v) is 1.92. The van der Waals surface area contributed by atoms with Crippen LogP contribution >= 0.6 is 11.6 Å². The average molecular weight is 242 g/mol. The molecular formula is C10H12ClN3O2. The van der Waals surface area contributed by atoms with Crippen LogP contribution in [-0.2, 0) is 11.8 Å². The van der Waals surface area contributed by atoms with E-state index in [1.54, 1.807) is 6.92 Å². The van der Waals surface area contributed by atoms with Gasteiger partial charge >= 0.3 is 6.09 Å². The number of fused-ring (bicyclic) bond motifs is 1. The first-order valence-electron chi connectivity index (χ1n) is 4.95. The molecule has 0 fully saturated rings. The van der Waals surface area contributed by atoms with E-state index in [1.807, 2.05) is 23.9 Å². The molecule has 0 bridgehead atoms. The highest BCUT2D eigenvalue weighted by atomic mass is 35.5. The van der Waals surface area contributed by atoms with E-state index < -0.39 is 6.09 Å². The number of aryl methyl sites for hydroxylation is 1. The zero-order chi connectivity index (χ0) is 11.7. The lowest BCUT2D eigenvalue weighted by atomic mass is 10.5. The normalized spacial score (nSPS) is 14.4. The Labute approximate surface area is 97.6 Å². The van der Waals surface area contributed by atoms with Gasteiger partial charge in [0.1, 0.15) is 17.2 Å². The lowest BCUT2D eigenvalue weighted by Gasteiger charge is -2.20. The molecule has 0 saturated carbocycles. The van der Waals surface area contributed by atoms with Gasteiger partial charge in [-0.3, -0.25) is 4.99 Å². The molecule has 0 radical (unpaired) electrons. The Morgan fingerprint density at radius 1 is 1.69 bits per heavy atom. The Balaban J connectivity index is 2.47. The molecule has 0 spiro atoms. The highest BCUT2D eigenvalue weighted by Gasteiger charge is 2.22. The van der Waals surface area contributed by atoms with Crippen LogP contribution in [0.15, 0.2) is 17.3 Å². The Bertz CT molecular complexity index is 535. The van der Waals surface area contributed by atoms with E-state index in [4.69, 9.17) is 16.3 Å². The van der Waals surface area contributed by atoms with Gasteiger partial charge in [0.2, 0.25) is 0 Å². The van der Waals surface area contributed by atoms with Crippen LogP contribution in [0.5, 0.6) is 0 Å². The Morgan fingerprint density at radius 3 is 3.12 bits per heavy atom. The van der Waals surface area contributed by atoms with Gasteiger partial charge in [-0.2, -0.15) is 0 Å². The summed E-state index contributed by atoms with van der Waals surface area (Å²) in [6.07, 6.45) is 1.38. The lowest BCUT2D eigenvalue weighted by Crippen LogP contribution is -2.43. The van der Waals surface area contributed by atoms with Crippen molar-refractivity contribution in [3.63, 3.8) is 0 Å². The highest BCUT2D eigenvalue weighted by Crippen LogP contribution is 2.12. The van der Waals surface area contributed by atoms with Crippen LogP contribution in [0.3, 0.4) is 0 Å². The van der Waals surface area contributed by atoms with Crippen molar-refractivity contribution in [1.29, 1.82) is 0 Å². The predicted molar refractivity (Wildman–Crippen MR) is 59.2 cm³/mol. The molecule has 1 aliphatic heterocycles. The summed E-state index contributed by atoms with van der Waals surface area (Å²) >= 11 is 6.15. The molecule has 5 nitrogen and oxygen atoms in total. The van der Waals surface area contributed by atoms with E-state index in [1.165, 1.54) is 4.90 Å². The van der Waals surface area contributed by atoms with Crippen LogP contribution in [0.4, 0.5) is 4.79 Å². The zero-order valence-corrected chi connectivity index (χ0v) is 9.86. The lowest BCUT2D eigenvalue weighted by molar-refractivity contribution is 0.126. The molecule has 1 amide bonds. The van der Waals surface area contributed by atoms with E-state index >= 15 is 0 Å². The number of nitrogens with zero attached hydrogens (tertiary/aromatic N) is 3. The van der Waals surface area contributed by atoms with Gasteiger partial charge in [-0.05, 0) is 13.0 Å². The molecular weight excluding hydrogens is 230 g/mol. The molecule has 0 aliphatic carbocycles. The molecule has 0 N–H and O–H groups in total. The number of halogens is 1. The number of aromatic nitrogens is 1. The zero-order valence-electron chi connectivity index (χ0n) is 9.11. The van der Waals surface area contributed by atoms with Gasteiger partial charge in [0.15, 0.2) is 0 Å². The SMILES string of the molecule is CCOC(=O)N1CN=c2ccn(C)c2=C1Cl. The molecule has 2 rings (SSSR count). The monoisotopic (exact) mass is 241 g/mol. The van der Waals surface area contributed by atoms with Gasteiger partial charge in [-0.1, -0.05) is 11.6 Å². The molecule has 0 saturated heterocycles. The molecule has 6 heteroatoms. The van der Waals surface area contributed by atoms with Crippen LogP contribution in [0, 0.1) is 0 Å². The maximum atomic E-state index is 11.6. The Morgan fingerprint density at radius 2 is 2.44 bits per heavy atom. The molecule has 2 heterocycles. The van der Waals surface area contributed by atoms with Crippen molar-refractivity contribution in [3.05, 3.63) is 23.0 Å². The molecule has 0 aromatic carbocycles. The van der Waals surface area contributed by atoms with Gasteiger partial charge in [0.05, 0.1) is 12.0 Å². The summed E-state index contributed by atoms with van der Waals surface area (Å²) in [4.78, 5) is 17.1. The second kappa shape index (κ2) is 4.17. The molecule has 1 aliphatic rings. The van der Waals surface area contributed by atoms with Crippen molar-refractivity contribution in [2.75, 3.05) is 13.3 Å². The molecule has 16 heavy (non-hydrogen) atoms. The van der Waals surface area contributed by atoms with Crippen LogP contribution in [-0.4, -0.2) is 28.8 Å². The summed E-state index contributed by atoms with van der Waals surface area (Å²) in [5, 5.41) is 1.89. The van der Waals surface area contributed by atoms with Crippen molar-refractivity contribution in [3.8, 4) is 0 Å². The summed E-state index contributed by atoms with van der Waals surface area (Å²) in [6.45, 7) is 2.27. The number of hydrogen-bond acceptors (Lipinski definition) is 3. The third kappa shape index (κ3) is 1.67. The van der Waals surface area contributed by atoms with Crippen LogP contribution in [0.2, 0.25) is 0 Å². The first-order chi connectivity index (χ1) is 7.65. The van der Waals surface area contributed by atoms with Crippen molar-refractivity contribution < 1.29 is 9.53 Å². The standard InChI is InChI=1S/C10H12ClN3O2/c1-3-16-10(15)14-6-12-7-4-5-13(2)8(7)9(14)11/h4-5H,3,6H2,1-2H3. The summed E-state index contributed by atoms with van der Waals surface area (Å²) in [6, 6.07) is 1.86. The van der Waals surface area contributed by atoms with E-state index in [9.17, 15) is 4.79 Å². The number of hydrogen-bond donors (Lipinski definition) is 0. The number of carbonyl (C=O) groups excluding carboxylic acids is 1. The van der Waals surface area contributed by atoms with E-state index in [0.717, 1.165) is 10.7 Å². The predicted octanol–water partition coefficient (Wildman–Crippen LogP) is 0.379. The number of amides is 1. The van der Waals surface area contributed by atoms with Crippen LogP contribution in [0.1, 0.15) is 6.92 Å². The summed E-state index contributed by atoms with van der Waals surface area (Å²) in [5.74, 6) is 0. The van der Waals surface area contributed by atoms with Gasteiger partial charge in [-0.25, -0.2) is 9.69 Å². The third-order valence-electron chi connectivity index (χ3n) is 2.35. The summed E-state index contributed by atoms with van der Waals surface area (Å²) < 4.78 is 6.72. The Kier molecular flexibility index (Phi) is 2.87. The maximum absolute atomic E-state index is 11.6. The summed E-state index contributed by atoms with van der Waals surface area (Å²) in [7, 11) is 1.85. The van der Waals surface area contributed by atoms with E-state index in [2.05, 4.69) is 4.99 Å². The number of ether oxygens (including phenoxy) is 1. The van der Waals surface area contributed by atoms with Crippen molar-refractivity contribution >= 4 is 22.9 Å². The molecule has 1 aromatic heterocycles. The van der Waals surface area contributed by atoms with Gasteiger partial charge in [0, 0.05) is 13.2 Å². The average Bonchev–Trinajstić information content (AvgIpc) is 2.62. The second-order valence-electron chi connectivity index (χ2n) is 3.38. The minimum Gasteiger partial charge on any atom is -0.449 e. The largest absolute Gasteiger partial charge is 0.449 e. The smallest absolute Gasteiger partial charge is 0.416 e. The van der Waals surface area contributed by atoms with Gasteiger partial charge in [0.25, 0.3) is 0 Å². The van der Waals surface area contributed by atoms with Crippen molar-refractivity contribution in [2.45, 2.75) is 6.92 Å².